The molecule has 1 nitrogen and oxygen atoms in total. The fraction of sp³-hybridized carbons (Fsp3) is 0.429. The highest BCUT2D eigenvalue weighted by Crippen LogP contribution is 2.48. The van der Waals surface area contributed by atoms with Crippen LogP contribution >= 0.6 is 0 Å². The molecular formula is C21H21F4N. The summed E-state index contributed by atoms with van der Waals surface area (Å²) in [5.74, 6) is 0.218. The van der Waals surface area contributed by atoms with Crippen LogP contribution in [-0.4, -0.2) is 24.5 Å². The molecule has 1 aliphatic carbocycles. The van der Waals surface area contributed by atoms with Gasteiger partial charge in [0.1, 0.15) is 5.82 Å². The van der Waals surface area contributed by atoms with Crippen molar-refractivity contribution in [2.75, 3.05) is 13.6 Å². The van der Waals surface area contributed by atoms with Crippen LogP contribution in [0.2, 0.25) is 0 Å². The van der Waals surface area contributed by atoms with Crippen LogP contribution in [-0.2, 0) is 19.0 Å². The first-order chi connectivity index (χ1) is 12.3. The molecule has 1 heterocycles. The Balaban J connectivity index is 1.63. The largest absolute Gasteiger partial charge is 0.416 e. The molecule has 2 aromatic carbocycles. The standard InChI is InChI=1S/C21H21F4N/c1-26-12-18-15-3-2-4-19(21(23,24)25)16(15)9-10-17(18)20(26)11-13-5-7-14(22)8-6-13/h2-8,17-18,20H,9-12H2,1H3. The summed E-state index contributed by atoms with van der Waals surface area (Å²) in [5, 5.41) is 0. The van der Waals surface area contributed by atoms with Crippen molar-refractivity contribution in [3.63, 3.8) is 0 Å². The number of likely N-dealkylation sites (N-methyl/N-ethyl adjacent to an activating group) is 1. The van der Waals surface area contributed by atoms with E-state index in [9.17, 15) is 17.6 Å². The van der Waals surface area contributed by atoms with Crippen molar-refractivity contribution in [1.29, 1.82) is 0 Å². The van der Waals surface area contributed by atoms with Crippen molar-refractivity contribution in [2.24, 2.45) is 5.92 Å². The Morgan fingerprint density at radius 1 is 1.08 bits per heavy atom. The van der Waals surface area contributed by atoms with Gasteiger partial charge in [-0.3, -0.25) is 0 Å². The van der Waals surface area contributed by atoms with E-state index >= 15 is 0 Å². The van der Waals surface area contributed by atoms with Crippen molar-refractivity contribution >= 4 is 0 Å². The normalized spacial score (nSPS) is 25.8. The number of fused-ring (bicyclic) bond motifs is 3. The molecule has 0 saturated carbocycles. The third kappa shape index (κ3) is 3.02. The van der Waals surface area contributed by atoms with Gasteiger partial charge in [-0.05, 0) is 67.1 Å². The zero-order valence-electron chi connectivity index (χ0n) is 14.6. The van der Waals surface area contributed by atoms with E-state index in [-0.39, 0.29) is 17.8 Å². The smallest absolute Gasteiger partial charge is 0.302 e. The summed E-state index contributed by atoms with van der Waals surface area (Å²) >= 11 is 0. The molecule has 0 spiro atoms. The predicted molar refractivity (Wildman–Crippen MR) is 92.5 cm³/mol. The quantitative estimate of drug-likeness (QED) is 0.675. The second-order valence-electron chi connectivity index (χ2n) is 7.52. The van der Waals surface area contributed by atoms with E-state index in [2.05, 4.69) is 4.90 Å². The van der Waals surface area contributed by atoms with Gasteiger partial charge in [0.2, 0.25) is 0 Å². The molecule has 0 aromatic heterocycles. The predicted octanol–water partition coefficient (Wildman–Crippen LogP) is 5.05. The molecule has 5 heteroatoms. The van der Waals surface area contributed by atoms with E-state index in [0.29, 0.717) is 17.9 Å². The number of halogens is 4. The molecule has 4 rings (SSSR count). The molecule has 1 saturated heterocycles. The molecule has 0 N–H and O–H groups in total. The number of benzene rings is 2. The zero-order chi connectivity index (χ0) is 18.5. The lowest BCUT2D eigenvalue weighted by Gasteiger charge is -2.33. The Bertz CT molecular complexity index is 797. The number of likely N-dealkylation sites (tertiary alicyclic amines) is 1. The SMILES string of the molecule is CN1CC2c3cccc(C(F)(F)F)c3CCC2C1Cc1ccc(F)cc1. The molecule has 138 valence electrons. The molecule has 3 atom stereocenters. The van der Waals surface area contributed by atoms with Crippen LogP contribution in [0.25, 0.3) is 0 Å². The first-order valence-electron chi connectivity index (χ1n) is 8.98. The lowest BCUT2D eigenvalue weighted by molar-refractivity contribution is -0.138. The Labute approximate surface area is 150 Å². The van der Waals surface area contributed by atoms with Crippen LogP contribution in [0.4, 0.5) is 17.6 Å². The molecule has 0 bridgehead atoms. The van der Waals surface area contributed by atoms with E-state index in [1.165, 1.54) is 24.3 Å². The van der Waals surface area contributed by atoms with E-state index in [1.807, 2.05) is 13.1 Å². The van der Waals surface area contributed by atoms with E-state index < -0.39 is 11.7 Å². The van der Waals surface area contributed by atoms with Gasteiger partial charge in [0.15, 0.2) is 0 Å². The molecular weight excluding hydrogens is 342 g/mol. The van der Waals surface area contributed by atoms with Crippen LogP contribution in [0.3, 0.4) is 0 Å². The summed E-state index contributed by atoms with van der Waals surface area (Å²) in [7, 11) is 2.04. The van der Waals surface area contributed by atoms with Crippen LogP contribution in [0.15, 0.2) is 42.5 Å². The molecule has 2 aromatic rings. The molecule has 0 radical (unpaired) electrons. The van der Waals surface area contributed by atoms with Crippen LogP contribution < -0.4 is 0 Å². The summed E-state index contributed by atoms with van der Waals surface area (Å²) in [4.78, 5) is 2.26. The fourth-order valence-electron chi connectivity index (χ4n) is 4.88. The third-order valence-electron chi connectivity index (χ3n) is 6.06. The average Bonchev–Trinajstić information content (AvgIpc) is 2.91. The highest BCUT2D eigenvalue weighted by atomic mass is 19.4. The molecule has 2 aliphatic rings. The van der Waals surface area contributed by atoms with Crippen molar-refractivity contribution < 1.29 is 17.6 Å². The third-order valence-corrected chi connectivity index (χ3v) is 6.06. The van der Waals surface area contributed by atoms with Gasteiger partial charge >= 0.3 is 6.18 Å². The molecule has 1 fully saturated rings. The minimum absolute atomic E-state index is 0.136. The van der Waals surface area contributed by atoms with Gasteiger partial charge in [0, 0.05) is 18.5 Å². The maximum atomic E-state index is 13.4. The second kappa shape index (κ2) is 6.38. The number of hydrogen-bond acceptors (Lipinski definition) is 1. The number of alkyl halides is 3. The Kier molecular flexibility index (Phi) is 4.30. The monoisotopic (exact) mass is 363 g/mol. The summed E-state index contributed by atoms with van der Waals surface area (Å²) in [6.07, 6.45) is -2.26. The number of hydrogen-bond donors (Lipinski definition) is 0. The summed E-state index contributed by atoms with van der Waals surface area (Å²) in [6, 6.07) is 11.4. The first-order valence-corrected chi connectivity index (χ1v) is 8.98. The molecule has 0 amide bonds. The maximum absolute atomic E-state index is 13.4. The van der Waals surface area contributed by atoms with E-state index in [1.54, 1.807) is 12.1 Å². The highest BCUT2D eigenvalue weighted by molar-refractivity contribution is 5.43. The minimum Gasteiger partial charge on any atom is -0.302 e. The van der Waals surface area contributed by atoms with E-state index in [0.717, 1.165) is 30.5 Å². The van der Waals surface area contributed by atoms with Crippen molar-refractivity contribution in [2.45, 2.75) is 37.4 Å². The Morgan fingerprint density at radius 3 is 2.50 bits per heavy atom. The molecule has 3 unspecified atom stereocenters. The topological polar surface area (TPSA) is 3.24 Å². The molecule has 26 heavy (non-hydrogen) atoms. The van der Waals surface area contributed by atoms with Crippen LogP contribution in [0.1, 0.15) is 34.6 Å². The van der Waals surface area contributed by atoms with Crippen molar-refractivity contribution in [3.8, 4) is 0 Å². The fourth-order valence-corrected chi connectivity index (χ4v) is 4.88. The lowest BCUT2D eigenvalue weighted by atomic mass is 9.72. The van der Waals surface area contributed by atoms with Crippen LogP contribution in [0.5, 0.6) is 0 Å². The number of rotatable bonds is 2. The van der Waals surface area contributed by atoms with Gasteiger partial charge in [-0.15, -0.1) is 0 Å². The second-order valence-corrected chi connectivity index (χ2v) is 7.52. The number of nitrogens with zero attached hydrogens (tertiary/aromatic N) is 1. The van der Waals surface area contributed by atoms with Crippen LogP contribution in [0, 0.1) is 11.7 Å². The van der Waals surface area contributed by atoms with Gasteiger partial charge in [-0.1, -0.05) is 24.3 Å². The Hall–Kier alpha value is -1.88. The average molecular weight is 363 g/mol. The van der Waals surface area contributed by atoms with Gasteiger partial charge in [-0.25, -0.2) is 4.39 Å². The van der Waals surface area contributed by atoms with E-state index in [4.69, 9.17) is 0 Å². The van der Waals surface area contributed by atoms with Gasteiger partial charge in [0.05, 0.1) is 5.56 Å². The van der Waals surface area contributed by atoms with Crippen molar-refractivity contribution in [3.05, 3.63) is 70.5 Å². The zero-order valence-corrected chi connectivity index (χ0v) is 14.6. The van der Waals surface area contributed by atoms with Gasteiger partial charge in [0.25, 0.3) is 0 Å². The first kappa shape index (κ1) is 17.5. The summed E-state index contributed by atoms with van der Waals surface area (Å²) in [6.45, 7) is 0.769. The van der Waals surface area contributed by atoms with Crippen molar-refractivity contribution in [1.82, 2.24) is 4.90 Å². The highest BCUT2D eigenvalue weighted by Gasteiger charge is 2.45. The summed E-state index contributed by atoms with van der Waals surface area (Å²) in [5.41, 5.74) is 1.94. The van der Waals surface area contributed by atoms with Gasteiger partial charge < -0.3 is 4.90 Å². The minimum atomic E-state index is -4.30. The maximum Gasteiger partial charge on any atom is 0.416 e. The molecule has 1 aliphatic heterocycles. The lowest BCUT2D eigenvalue weighted by Crippen LogP contribution is -2.33. The Morgan fingerprint density at radius 2 is 1.81 bits per heavy atom. The van der Waals surface area contributed by atoms with Gasteiger partial charge in [-0.2, -0.15) is 13.2 Å². The summed E-state index contributed by atoms with van der Waals surface area (Å²) < 4.78 is 53.2.